The highest BCUT2D eigenvalue weighted by molar-refractivity contribution is 8.03. The number of nitrogens with zero attached hydrogens (tertiary/aromatic N) is 6. The standard InChI is InChI=1S/C40H40N6O14S/c1-23(47)35-33-17-34(36(43(33)37(35)48)38(49)58-20-24-2-8-28(9-3-24)44(52)53)61-31-16-32(42(19-31)40(51)60-22-26-6-12-30(13-7-26)46(56)57)27-14-15-41(18-27)39(50)59-21-25-4-10-29(11-5-25)45(54)55/h2-13,23,27,31-33,35,47H,14-22H2,1H3/t23-,27?,31+,32+,33-,35-/m1/s1. The van der Waals surface area contributed by atoms with Gasteiger partial charge in [-0.3, -0.25) is 35.1 Å². The van der Waals surface area contributed by atoms with Crippen LogP contribution >= 0.6 is 11.8 Å². The minimum atomic E-state index is -0.974. The van der Waals surface area contributed by atoms with Crippen LogP contribution in [0, 0.1) is 42.2 Å². The summed E-state index contributed by atoms with van der Waals surface area (Å²) in [6.45, 7) is 1.76. The molecule has 21 heteroatoms. The van der Waals surface area contributed by atoms with Gasteiger partial charge in [-0.2, -0.15) is 0 Å². The number of benzene rings is 3. The van der Waals surface area contributed by atoms with Gasteiger partial charge in [0.1, 0.15) is 25.5 Å². The third kappa shape index (κ3) is 9.26. The summed E-state index contributed by atoms with van der Waals surface area (Å²) in [5.74, 6) is -2.16. The van der Waals surface area contributed by atoms with E-state index in [4.69, 9.17) is 14.2 Å². The Bertz CT molecular complexity index is 2250. The Labute approximate surface area is 351 Å². The molecule has 320 valence electrons. The number of esters is 1. The van der Waals surface area contributed by atoms with Crippen molar-refractivity contribution in [2.24, 2.45) is 11.8 Å². The molecule has 3 aromatic rings. The van der Waals surface area contributed by atoms with Crippen LogP contribution in [0.1, 0.15) is 42.9 Å². The van der Waals surface area contributed by atoms with Gasteiger partial charge in [0, 0.05) is 78.7 Å². The van der Waals surface area contributed by atoms with Crippen LogP contribution in [-0.2, 0) is 43.6 Å². The Kier molecular flexibility index (Phi) is 12.5. The van der Waals surface area contributed by atoms with Gasteiger partial charge in [-0.25, -0.2) is 14.4 Å². The van der Waals surface area contributed by atoms with Crippen molar-refractivity contribution < 1.29 is 53.3 Å². The fourth-order valence-corrected chi connectivity index (χ4v) is 9.68. The molecule has 3 amide bonds. The van der Waals surface area contributed by atoms with Gasteiger partial charge in [0.25, 0.3) is 17.1 Å². The van der Waals surface area contributed by atoms with Crippen molar-refractivity contribution in [2.45, 2.75) is 69.4 Å². The minimum absolute atomic E-state index is 0.0392. The van der Waals surface area contributed by atoms with Crippen LogP contribution in [-0.4, -0.2) is 102 Å². The normalized spacial score (nSPS) is 22.4. The maximum atomic E-state index is 13.8. The molecule has 3 saturated heterocycles. The molecule has 3 aromatic carbocycles. The molecule has 6 atom stereocenters. The predicted molar refractivity (Wildman–Crippen MR) is 213 cm³/mol. The summed E-state index contributed by atoms with van der Waals surface area (Å²) >= 11 is 1.33. The van der Waals surface area contributed by atoms with Crippen LogP contribution in [0.15, 0.2) is 83.4 Å². The van der Waals surface area contributed by atoms with Gasteiger partial charge in [0.05, 0.1) is 32.8 Å². The molecule has 0 radical (unpaired) electrons. The molecular formula is C40H40N6O14S. The fraction of sp³-hybridized carbons (Fsp3) is 0.400. The fourth-order valence-electron chi connectivity index (χ4n) is 8.19. The number of hydrogen-bond donors (Lipinski definition) is 1. The number of carbonyl (C=O) groups is 4. The number of ether oxygens (including phenoxy) is 3. The SMILES string of the molecule is C[C@@H](O)[C@H]1C(=O)N2C(C(=O)OCc3ccc([N+](=O)[O-])cc3)=C(S[C@H]3C[C@@H](C4CCN(C(=O)OCc5ccc([N+](=O)[O-])cc5)C4)N(C(=O)OCc4ccc([N+](=O)[O-])cc4)C3)C[C@H]12. The Hall–Kier alpha value is -6.61. The molecule has 4 heterocycles. The smallest absolute Gasteiger partial charge is 0.410 e. The van der Waals surface area contributed by atoms with Gasteiger partial charge in [0.2, 0.25) is 5.91 Å². The highest BCUT2D eigenvalue weighted by Crippen LogP contribution is 2.50. The molecule has 4 aliphatic rings. The molecule has 0 spiro atoms. The lowest BCUT2D eigenvalue weighted by molar-refractivity contribution is -0.385. The highest BCUT2D eigenvalue weighted by Gasteiger charge is 2.57. The van der Waals surface area contributed by atoms with Crippen LogP contribution < -0.4 is 0 Å². The van der Waals surface area contributed by atoms with Crippen molar-refractivity contribution in [1.82, 2.24) is 14.7 Å². The molecule has 3 fully saturated rings. The lowest BCUT2D eigenvalue weighted by Gasteiger charge is -2.44. The molecule has 0 aromatic heterocycles. The number of aliphatic hydroxyl groups excluding tert-OH is 1. The topological polar surface area (TPSA) is 255 Å². The van der Waals surface area contributed by atoms with Crippen molar-refractivity contribution in [3.05, 3.63) is 130 Å². The zero-order valence-corrected chi connectivity index (χ0v) is 33.4. The Morgan fingerprint density at radius 1 is 0.754 bits per heavy atom. The monoisotopic (exact) mass is 860 g/mol. The third-order valence-electron chi connectivity index (χ3n) is 11.3. The van der Waals surface area contributed by atoms with Gasteiger partial charge in [-0.15, -0.1) is 11.8 Å². The second-order valence-corrected chi connectivity index (χ2v) is 16.6. The van der Waals surface area contributed by atoms with Gasteiger partial charge in [-0.1, -0.05) is 0 Å². The first kappa shape index (κ1) is 42.5. The molecule has 1 N–H and O–H groups in total. The first-order valence-electron chi connectivity index (χ1n) is 19.3. The number of thioether (sulfide) groups is 1. The van der Waals surface area contributed by atoms with Crippen LogP contribution in [0.2, 0.25) is 0 Å². The summed E-state index contributed by atoms with van der Waals surface area (Å²) in [5.41, 5.74) is 1.28. The van der Waals surface area contributed by atoms with E-state index in [0.717, 1.165) is 0 Å². The molecule has 1 unspecified atom stereocenters. The van der Waals surface area contributed by atoms with Crippen LogP contribution in [0.25, 0.3) is 0 Å². The van der Waals surface area contributed by atoms with Crippen LogP contribution in [0.3, 0.4) is 0 Å². The van der Waals surface area contributed by atoms with Crippen molar-refractivity contribution in [1.29, 1.82) is 0 Å². The quantitative estimate of drug-likeness (QED) is 0.0695. The number of hydrogen-bond acceptors (Lipinski definition) is 15. The maximum Gasteiger partial charge on any atom is 0.410 e. The number of amides is 3. The van der Waals surface area contributed by atoms with E-state index in [1.807, 2.05) is 0 Å². The van der Waals surface area contributed by atoms with E-state index in [-0.39, 0.29) is 73.3 Å². The lowest BCUT2D eigenvalue weighted by atomic mass is 9.83. The minimum Gasteiger partial charge on any atom is -0.456 e. The average Bonchev–Trinajstić information content (AvgIpc) is 3.98. The van der Waals surface area contributed by atoms with Crippen molar-refractivity contribution in [2.75, 3.05) is 19.6 Å². The predicted octanol–water partition coefficient (Wildman–Crippen LogP) is 5.45. The summed E-state index contributed by atoms with van der Waals surface area (Å²) < 4.78 is 16.9. The Balaban J connectivity index is 1.07. The largest absolute Gasteiger partial charge is 0.456 e. The number of aliphatic hydroxyl groups is 1. The number of nitro groups is 3. The first-order valence-corrected chi connectivity index (χ1v) is 20.2. The van der Waals surface area contributed by atoms with Gasteiger partial charge < -0.3 is 34.0 Å². The number of likely N-dealkylation sites (tertiary alicyclic amines) is 2. The lowest BCUT2D eigenvalue weighted by Crippen LogP contribution is -2.61. The number of rotatable bonds is 14. The van der Waals surface area contributed by atoms with Crippen molar-refractivity contribution >= 4 is 52.9 Å². The van der Waals surface area contributed by atoms with Crippen LogP contribution in [0.4, 0.5) is 26.7 Å². The van der Waals surface area contributed by atoms with Gasteiger partial charge in [-0.05, 0) is 78.8 Å². The van der Waals surface area contributed by atoms with E-state index in [2.05, 4.69) is 0 Å². The zero-order valence-electron chi connectivity index (χ0n) is 32.6. The van der Waals surface area contributed by atoms with E-state index in [0.29, 0.717) is 41.0 Å². The second-order valence-electron chi connectivity index (χ2n) is 15.2. The molecule has 7 rings (SSSR count). The van der Waals surface area contributed by atoms with Crippen LogP contribution in [0.5, 0.6) is 0 Å². The molecule has 4 aliphatic heterocycles. The Morgan fingerprint density at radius 2 is 1.25 bits per heavy atom. The highest BCUT2D eigenvalue weighted by atomic mass is 32.2. The molecule has 0 aliphatic carbocycles. The number of nitro benzene ring substituents is 3. The second kappa shape index (κ2) is 17.9. The first-order chi connectivity index (χ1) is 29.2. The number of carbonyl (C=O) groups excluding carboxylic acids is 4. The third-order valence-corrected chi connectivity index (χ3v) is 12.6. The van der Waals surface area contributed by atoms with E-state index in [1.54, 1.807) is 4.90 Å². The number of fused-ring (bicyclic) bond motifs is 1. The van der Waals surface area contributed by atoms with Crippen molar-refractivity contribution in [3.63, 3.8) is 0 Å². The average molecular weight is 861 g/mol. The summed E-state index contributed by atoms with van der Waals surface area (Å²) in [6.07, 6.45) is -1.02. The molecular weight excluding hydrogens is 821 g/mol. The molecule has 0 saturated carbocycles. The van der Waals surface area contributed by atoms with E-state index in [1.165, 1.54) is 101 Å². The van der Waals surface area contributed by atoms with E-state index < -0.39 is 62.9 Å². The molecule has 61 heavy (non-hydrogen) atoms. The van der Waals surface area contributed by atoms with Gasteiger partial charge >= 0.3 is 18.2 Å². The number of non-ortho nitro benzene ring substituents is 3. The van der Waals surface area contributed by atoms with E-state index >= 15 is 0 Å². The van der Waals surface area contributed by atoms with Gasteiger partial charge in [0.15, 0.2) is 0 Å². The summed E-state index contributed by atoms with van der Waals surface area (Å²) in [5, 5.41) is 43.3. The zero-order chi connectivity index (χ0) is 43.5. The summed E-state index contributed by atoms with van der Waals surface area (Å²) in [4.78, 5) is 90.7. The summed E-state index contributed by atoms with van der Waals surface area (Å²) in [6, 6.07) is 15.8. The maximum absolute atomic E-state index is 13.8. The molecule has 20 nitrogen and oxygen atoms in total. The Morgan fingerprint density at radius 3 is 1.74 bits per heavy atom. The molecule has 0 bridgehead atoms. The number of β-lactam (4-membered cyclic amide) rings is 1. The summed E-state index contributed by atoms with van der Waals surface area (Å²) in [7, 11) is 0. The van der Waals surface area contributed by atoms with E-state index in [9.17, 15) is 54.6 Å². The van der Waals surface area contributed by atoms with Crippen molar-refractivity contribution in [3.8, 4) is 0 Å².